The predicted molar refractivity (Wildman–Crippen MR) is 51.0 cm³/mol. The minimum Gasteiger partial charge on any atom is -0.148 e. The van der Waals surface area contributed by atoms with E-state index in [2.05, 4.69) is 32.2 Å². The van der Waals surface area contributed by atoms with Crippen molar-refractivity contribution < 1.29 is 0 Å². The molecular weight excluding hydrogens is 152 g/mol. The molecule has 0 bridgehead atoms. The lowest BCUT2D eigenvalue weighted by Crippen LogP contribution is -1.84. The first-order chi connectivity index (χ1) is 5.22. The van der Waals surface area contributed by atoms with Crippen LogP contribution in [0.2, 0.25) is 0 Å². The summed E-state index contributed by atoms with van der Waals surface area (Å²) in [6, 6.07) is 2.24. The minimum atomic E-state index is 0.671. The van der Waals surface area contributed by atoms with Gasteiger partial charge in [0.15, 0.2) is 0 Å². The van der Waals surface area contributed by atoms with Gasteiger partial charge in [-0.1, -0.05) is 12.5 Å². The Morgan fingerprint density at radius 1 is 1.36 bits per heavy atom. The second kappa shape index (κ2) is 2.21. The topological polar surface area (TPSA) is 0 Å². The van der Waals surface area contributed by atoms with Gasteiger partial charge in [0.05, 0.1) is 0 Å². The summed E-state index contributed by atoms with van der Waals surface area (Å²) in [5.74, 6) is 0.671. The number of hydrogen-bond acceptors (Lipinski definition) is 1. The molecule has 0 fully saturated rings. The number of fused-ring (bicyclic) bond motifs is 1. The minimum absolute atomic E-state index is 0.671. The highest BCUT2D eigenvalue weighted by molar-refractivity contribution is 7.10. The van der Waals surface area contributed by atoms with Crippen LogP contribution in [0, 0.1) is 0 Å². The third-order valence-electron chi connectivity index (χ3n) is 2.73. The third-order valence-corrected chi connectivity index (χ3v) is 3.83. The van der Waals surface area contributed by atoms with Crippen LogP contribution >= 0.6 is 11.3 Å². The first-order valence-corrected chi connectivity index (χ1v) is 4.85. The Labute approximate surface area is 71.6 Å². The Kier molecular flexibility index (Phi) is 1.43. The number of allylic oxidation sites excluding steroid dienone is 2. The lowest BCUT2D eigenvalue weighted by atomic mass is 10.1. The van der Waals surface area contributed by atoms with E-state index in [0.717, 1.165) is 0 Å². The molecule has 58 valence electrons. The van der Waals surface area contributed by atoms with Gasteiger partial charge >= 0.3 is 0 Å². The summed E-state index contributed by atoms with van der Waals surface area (Å²) < 4.78 is 0. The molecule has 2 rings (SSSR count). The first-order valence-electron chi connectivity index (χ1n) is 3.97. The van der Waals surface area contributed by atoms with Crippen molar-refractivity contribution >= 4 is 16.9 Å². The molecule has 1 aliphatic carbocycles. The highest BCUT2D eigenvalue weighted by atomic mass is 32.1. The van der Waals surface area contributed by atoms with Crippen LogP contribution in [0.5, 0.6) is 0 Å². The van der Waals surface area contributed by atoms with Gasteiger partial charge in [-0.2, -0.15) is 0 Å². The Hall–Kier alpha value is -0.560. The van der Waals surface area contributed by atoms with Crippen LogP contribution in [-0.4, -0.2) is 0 Å². The van der Waals surface area contributed by atoms with Crippen LogP contribution in [0.4, 0.5) is 0 Å². The number of rotatable bonds is 0. The maximum atomic E-state index is 2.29. The van der Waals surface area contributed by atoms with Gasteiger partial charge in [-0.3, -0.25) is 0 Å². The summed E-state index contributed by atoms with van der Waals surface area (Å²) in [4.78, 5) is 1.56. The molecule has 0 aliphatic heterocycles. The highest BCUT2D eigenvalue weighted by Crippen LogP contribution is 2.43. The summed E-state index contributed by atoms with van der Waals surface area (Å²) in [5, 5.41) is 2.19. The molecule has 0 spiro atoms. The summed E-state index contributed by atoms with van der Waals surface area (Å²) in [6.45, 7) is 6.76. The van der Waals surface area contributed by atoms with E-state index in [1.807, 2.05) is 11.3 Å². The van der Waals surface area contributed by atoms with E-state index in [-0.39, 0.29) is 0 Å². The Morgan fingerprint density at radius 3 is 2.73 bits per heavy atom. The standard InChI is InChI=1S/C10H12S/c1-6-7(2)9-4-5-11-10(9)8(6)3/h4-5,8H,1-3H3. The SMILES string of the molecule is CC1=C(C)C(C)c2sccc21. The van der Waals surface area contributed by atoms with E-state index in [1.54, 1.807) is 10.5 Å². The molecule has 0 aromatic carbocycles. The van der Waals surface area contributed by atoms with Crippen molar-refractivity contribution in [2.45, 2.75) is 26.7 Å². The van der Waals surface area contributed by atoms with Crippen molar-refractivity contribution in [3.8, 4) is 0 Å². The summed E-state index contributed by atoms with van der Waals surface area (Å²) in [7, 11) is 0. The van der Waals surface area contributed by atoms with Crippen molar-refractivity contribution in [2.75, 3.05) is 0 Å². The fourth-order valence-electron chi connectivity index (χ4n) is 1.70. The van der Waals surface area contributed by atoms with Crippen LogP contribution in [-0.2, 0) is 0 Å². The lowest BCUT2D eigenvalue weighted by molar-refractivity contribution is 0.942. The Bertz CT molecular complexity index is 317. The molecule has 1 atom stereocenters. The lowest BCUT2D eigenvalue weighted by Gasteiger charge is -2.02. The van der Waals surface area contributed by atoms with E-state index in [1.165, 1.54) is 11.1 Å². The highest BCUT2D eigenvalue weighted by Gasteiger charge is 2.23. The van der Waals surface area contributed by atoms with Crippen molar-refractivity contribution in [2.24, 2.45) is 0 Å². The molecular formula is C10H12S. The molecule has 1 heteroatoms. The van der Waals surface area contributed by atoms with Gasteiger partial charge in [-0.25, -0.2) is 0 Å². The first kappa shape index (κ1) is 7.11. The second-order valence-electron chi connectivity index (χ2n) is 3.23. The molecule has 0 saturated carbocycles. The van der Waals surface area contributed by atoms with Crippen molar-refractivity contribution in [3.63, 3.8) is 0 Å². The van der Waals surface area contributed by atoms with E-state index < -0.39 is 0 Å². The normalized spacial score (nSPS) is 22.6. The van der Waals surface area contributed by atoms with Crippen LogP contribution in [0.25, 0.3) is 5.57 Å². The Balaban J connectivity index is 2.64. The summed E-state index contributed by atoms with van der Waals surface area (Å²) in [6.07, 6.45) is 0. The Morgan fingerprint density at radius 2 is 2.09 bits per heavy atom. The molecule has 0 saturated heterocycles. The third kappa shape index (κ3) is 0.807. The summed E-state index contributed by atoms with van der Waals surface area (Å²) in [5.41, 5.74) is 4.53. The van der Waals surface area contributed by atoms with Crippen LogP contribution in [0.1, 0.15) is 37.1 Å². The maximum Gasteiger partial charge on any atom is 0.0189 e. The van der Waals surface area contributed by atoms with Gasteiger partial charge < -0.3 is 0 Å². The van der Waals surface area contributed by atoms with Crippen molar-refractivity contribution in [1.82, 2.24) is 0 Å². The molecule has 0 amide bonds. The van der Waals surface area contributed by atoms with E-state index in [4.69, 9.17) is 0 Å². The fourth-order valence-corrected chi connectivity index (χ4v) is 2.78. The van der Waals surface area contributed by atoms with Gasteiger partial charge in [-0.15, -0.1) is 11.3 Å². The molecule has 1 aromatic rings. The van der Waals surface area contributed by atoms with Crippen molar-refractivity contribution in [3.05, 3.63) is 27.5 Å². The van der Waals surface area contributed by atoms with Gasteiger partial charge in [-0.05, 0) is 36.4 Å². The van der Waals surface area contributed by atoms with E-state index in [0.29, 0.717) is 5.92 Å². The molecule has 11 heavy (non-hydrogen) atoms. The fraction of sp³-hybridized carbons (Fsp3) is 0.400. The maximum absolute atomic E-state index is 2.29. The molecule has 1 unspecified atom stereocenters. The number of hydrogen-bond donors (Lipinski definition) is 0. The molecule has 0 radical (unpaired) electrons. The zero-order valence-corrected chi connectivity index (χ0v) is 7.96. The van der Waals surface area contributed by atoms with Crippen molar-refractivity contribution in [1.29, 1.82) is 0 Å². The zero-order valence-electron chi connectivity index (χ0n) is 7.14. The quantitative estimate of drug-likeness (QED) is 0.549. The van der Waals surface area contributed by atoms with Crippen LogP contribution in [0.3, 0.4) is 0 Å². The zero-order chi connectivity index (χ0) is 8.01. The van der Waals surface area contributed by atoms with Crippen LogP contribution < -0.4 is 0 Å². The average molecular weight is 164 g/mol. The van der Waals surface area contributed by atoms with Gasteiger partial charge in [0.1, 0.15) is 0 Å². The molecule has 1 heterocycles. The molecule has 0 N–H and O–H groups in total. The van der Waals surface area contributed by atoms with Gasteiger partial charge in [0.2, 0.25) is 0 Å². The average Bonchev–Trinajstić information content (AvgIpc) is 2.53. The largest absolute Gasteiger partial charge is 0.148 e. The van der Waals surface area contributed by atoms with Gasteiger partial charge in [0, 0.05) is 10.8 Å². The van der Waals surface area contributed by atoms with E-state index >= 15 is 0 Å². The molecule has 1 aliphatic rings. The second-order valence-corrected chi connectivity index (χ2v) is 4.18. The predicted octanol–water partition coefficient (Wildman–Crippen LogP) is 3.66. The van der Waals surface area contributed by atoms with Crippen LogP contribution in [0.15, 0.2) is 17.0 Å². The monoisotopic (exact) mass is 164 g/mol. The van der Waals surface area contributed by atoms with Gasteiger partial charge in [0.25, 0.3) is 0 Å². The molecule has 0 nitrogen and oxygen atoms in total. The van der Waals surface area contributed by atoms with E-state index in [9.17, 15) is 0 Å². The number of thiophene rings is 1. The smallest absolute Gasteiger partial charge is 0.0189 e. The summed E-state index contributed by atoms with van der Waals surface area (Å²) >= 11 is 1.89. The molecule has 1 aromatic heterocycles.